The fourth-order valence-electron chi connectivity index (χ4n) is 8.16. The van der Waals surface area contributed by atoms with Gasteiger partial charge >= 0.3 is 0 Å². The lowest BCUT2D eigenvalue weighted by molar-refractivity contribution is 0.716. The zero-order chi connectivity index (χ0) is 31.5. The fraction of sp³-hybridized carbons (Fsp3) is 0.133. The second kappa shape index (κ2) is 11.1. The summed E-state index contributed by atoms with van der Waals surface area (Å²) in [6.07, 6.45) is 2.09. The highest BCUT2D eigenvalue weighted by atomic mass is 15.0. The van der Waals surface area contributed by atoms with E-state index in [2.05, 4.69) is 163 Å². The lowest BCUT2D eigenvalue weighted by Gasteiger charge is -2.24. The second-order valence-electron chi connectivity index (χ2n) is 12.8. The summed E-state index contributed by atoms with van der Waals surface area (Å²) in [6.45, 7) is 6.48. The monoisotopic (exact) mass is 605 g/mol. The maximum Gasteiger partial charge on any atom is 0.110 e. The molecule has 0 bridgehead atoms. The molecule has 0 atom stereocenters. The van der Waals surface area contributed by atoms with Crippen LogP contribution in [0.4, 0.5) is 0 Å². The van der Waals surface area contributed by atoms with E-state index in [0.717, 1.165) is 25.9 Å². The Morgan fingerprint density at radius 1 is 0.447 bits per heavy atom. The minimum Gasteiger partial charge on any atom is -0.294 e. The second-order valence-corrected chi connectivity index (χ2v) is 12.8. The van der Waals surface area contributed by atoms with Crippen LogP contribution in [0.3, 0.4) is 0 Å². The standard InChI is InChI=1S/C45H37N2/c1-3-27-46-38-25-23-32-19-11-13-21-34(32)40(38)42-41-35-22-14-12-20-33(35)24-26-39(41)47(28-4-2)45-37(31-17-9-6-10-18-31)29-36(44(46)43(42)45)30-15-7-5-8-16-30/h5-26,29H,3-4,27-28H2,1-2H3/q+1. The Labute approximate surface area is 275 Å². The Morgan fingerprint density at radius 2 is 0.872 bits per heavy atom. The number of hydrogen-bond donors (Lipinski definition) is 0. The van der Waals surface area contributed by atoms with Crippen LogP contribution in [0.15, 0.2) is 140 Å². The minimum atomic E-state index is 0.936. The van der Waals surface area contributed by atoms with Crippen LogP contribution in [-0.2, 0) is 13.1 Å². The smallest absolute Gasteiger partial charge is 0.110 e. The van der Waals surface area contributed by atoms with Gasteiger partial charge in [-0.15, -0.1) is 0 Å². The molecule has 9 aromatic rings. The molecule has 2 nitrogen and oxygen atoms in total. The summed E-state index contributed by atoms with van der Waals surface area (Å²) in [5.41, 5.74) is 10.3. The Bertz CT molecular complexity index is 2450. The molecule has 0 saturated heterocycles. The Balaban J connectivity index is 1.71. The van der Waals surface area contributed by atoms with Crippen molar-refractivity contribution in [1.82, 2.24) is 9.13 Å². The van der Waals surface area contributed by atoms with Crippen LogP contribution in [0.25, 0.3) is 87.4 Å². The molecule has 0 aliphatic carbocycles. The third-order valence-corrected chi connectivity index (χ3v) is 10.0. The molecule has 0 saturated carbocycles. The van der Waals surface area contributed by atoms with E-state index in [0.29, 0.717) is 0 Å². The first kappa shape index (κ1) is 27.8. The zero-order valence-corrected chi connectivity index (χ0v) is 27.0. The van der Waals surface area contributed by atoms with Gasteiger partial charge in [0.05, 0.1) is 16.2 Å². The summed E-state index contributed by atoms with van der Waals surface area (Å²) in [6, 6.07) is 51.9. The lowest BCUT2D eigenvalue weighted by Crippen LogP contribution is -2.10. The van der Waals surface area contributed by atoms with E-state index < -0.39 is 0 Å². The molecule has 7 aromatic carbocycles. The highest BCUT2D eigenvalue weighted by Gasteiger charge is 2.30. The molecule has 0 aliphatic heterocycles. The van der Waals surface area contributed by atoms with E-state index in [1.165, 1.54) is 87.4 Å². The molecule has 0 fully saturated rings. The minimum absolute atomic E-state index is 0.936. The van der Waals surface area contributed by atoms with Crippen molar-refractivity contribution in [3.63, 3.8) is 0 Å². The lowest BCUT2D eigenvalue weighted by atomic mass is 9.87. The average molecular weight is 606 g/mol. The first-order chi connectivity index (χ1) is 23.3. The van der Waals surface area contributed by atoms with E-state index in [1.54, 1.807) is 0 Å². The molecule has 9 rings (SSSR count). The van der Waals surface area contributed by atoms with Crippen molar-refractivity contribution in [1.29, 1.82) is 0 Å². The fourth-order valence-corrected chi connectivity index (χ4v) is 8.16. The number of aromatic nitrogens is 2. The quantitative estimate of drug-likeness (QED) is 0.101. The van der Waals surface area contributed by atoms with Gasteiger partial charge in [-0.2, -0.15) is 0 Å². The largest absolute Gasteiger partial charge is 0.294 e. The number of fused-ring (bicyclic) bond motifs is 8. The number of pyridine rings is 2. The molecular formula is C45H37N2+. The molecule has 0 spiro atoms. The van der Waals surface area contributed by atoms with Gasteiger partial charge in [0, 0.05) is 45.8 Å². The van der Waals surface area contributed by atoms with Gasteiger partial charge in [0.2, 0.25) is 0 Å². The maximum absolute atomic E-state index is 2.64. The molecule has 0 N–H and O–H groups in total. The van der Waals surface area contributed by atoms with E-state index in [4.69, 9.17) is 0 Å². The van der Waals surface area contributed by atoms with Crippen LogP contribution in [0.1, 0.15) is 26.7 Å². The molecule has 2 heteroatoms. The van der Waals surface area contributed by atoms with Crippen LogP contribution < -0.4 is 0 Å². The van der Waals surface area contributed by atoms with Crippen molar-refractivity contribution in [3.8, 4) is 22.3 Å². The Kier molecular flexibility index (Phi) is 6.57. The SMILES string of the molecule is CCCn1c2ccc3ccccc3c2[c+]2c3c4ccccc4ccc3n(CCC)c3c(-c4ccccc4)cc(-c4ccccc4)c1c32. The average Bonchev–Trinajstić information content (AvgIpc) is 3.13. The Morgan fingerprint density at radius 3 is 1.32 bits per heavy atom. The number of aryl methyl sites for hydroxylation is 2. The molecule has 0 unspecified atom stereocenters. The third-order valence-electron chi connectivity index (χ3n) is 10.0. The Hall–Kier alpha value is -5.47. The van der Waals surface area contributed by atoms with Crippen LogP contribution in [0.2, 0.25) is 0 Å². The molecule has 2 heterocycles. The van der Waals surface area contributed by atoms with Gasteiger partial charge in [-0.25, -0.2) is 0 Å². The van der Waals surface area contributed by atoms with E-state index in [1.807, 2.05) is 0 Å². The van der Waals surface area contributed by atoms with Gasteiger partial charge in [-0.1, -0.05) is 98.8 Å². The van der Waals surface area contributed by atoms with E-state index >= 15 is 0 Å². The molecule has 2 aromatic heterocycles. The van der Waals surface area contributed by atoms with Crippen LogP contribution >= 0.6 is 0 Å². The zero-order valence-electron chi connectivity index (χ0n) is 27.0. The molecule has 47 heavy (non-hydrogen) atoms. The predicted molar refractivity (Wildman–Crippen MR) is 203 cm³/mol. The predicted octanol–water partition coefficient (Wildman–Crippen LogP) is 12.6. The van der Waals surface area contributed by atoms with E-state index in [-0.39, 0.29) is 0 Å². The van der Waals surface area contributed by atoms with Gasteiger partial charge in [-0.05, 0) is 78.6 Å². The van der Waals surface area contributed by atoms with Crippen molar-refractivity contribution in [3.05, 3.63) is 140 Å². The molecule has 226 valence electrons. The first-order valence-corrected chi connectivity index (χ1v) is 17.1. The molecular weight excluding hydrogens is 569 g/mol. The van der Waals surface area contributed by atoms with Crippen molar-refractivity contribution in [2.24, 2.45) is 0 Å². The summed E-state index contributed by atoms with van der Waals surface area (Å²) in [5.74, 6) is 0. The number of rotatable bonds is 6. The van der Waals surface area contributed by atoms with Gasteiger partial charge in [0.1, 0.15) is 27.5 Å². The molecule has 0 aliphatic rings. The topological polar surface area (TPSA) is 9.86 Å². The third kappa shape index (κ3) is 4.14. The van der Waals surface area contributed by atoms with Gasteiger partial charge in [0.25, 0.3) is 0 Å². The van der Waals surface area contributed by atoms with Gasteiger partial charge in [-0.3, -0.25) is 9.13 Å². The first-order valence-electron chi connectivity index (χ1n) is 17.1. The summed E-state index contributed by atoms with van der Waals surface area (Å²) in [7, 11) is 0. The van der Waals surface area contributed by atoms with Gasteiger partial charge in [0.15, 0.2) is 0 Å². The van der Waals surface area contributed by atoms with Crippen LogP contribution in [-0.4, -0.2) is 9.13 Å². The maximum atomic E-state index is 2.64. The number of nitrogens with zero attached hydrogens (tertiary/aromatic N) is 2. The summed E-state index contributed by atoms with van der Waals surface area (Å²) < 4.78 is 5.28. The van der Waals surface area contributed by atoms with Crippen molar-refractivity contribution in [2.75, 3.05) is 0 Å². The highest BCUT2D eigenvalue weighted by Crippen LogP contribution is 2.49. The summed E-state index contributed by atoms with van der Waals surface area (Å²) in [5, 5.41) is 10.6. The number of benzene rings is 7. The van der Waals surface area contributed by atoms with Crippen molar-refractivity contribution in [2.45, 2.75) is 39.8 Å². The van der Waals surface area contributed by atoms with Crippen molar-refractivity contribution < 1.29 is 0 Å². The van der Waals surface area contributed by atoms with Crippen molar-refractivity contribution >= 4 is 65.2 Å². The normalized spacial score (nSPS) is 12.0. The van der Waals surface area contributed by atoms with Crippen LogP contribution in [0, 0.1) is 0 Å². The van der Waals surface area contributed by atoms with E-state index in [9.17, 15) is 0 Å². The summed E-state index contributed by atoms with van der Waals surface area (Å²) in [4.78, 5) is 0. The molecule has 0 amide bonds. The van der Waals surface area contributed by atoms with Crippen LogP contribution in [0.5, 0.6) is 0 Å². The number of hydrogen-bond acceptors (Lipinski definition) is 0. The molecule has 0 radical (unpaired) electrons. The van der Waals surface area contributed by atoms with Gasteiger partial charge < -0.3 is 0 Å². The highest BCUT2D eigenvalue weighted by molar-refractivity contribution is 6.38. The summed E-state index contributed by atoms with van der Waals surface area (Å²) >= 11 is 0.